The summed E-state index contributed by atoms with van der Waals surface area (Å²) in [5.74, 6) is -0.341. The Bertz CT molecular complexity index is 732. The average Bonchev–Trinajstić information content (AvgIpc) is 3.18. The van der Waals surface area contributed by atoms with Crippen molar-refractivity contribution in [1.82, 2.24) is 10.2 Å². The van der Waals surface area contributed by atoms with Gasteiger partial charge in [0.05, 0.1) is 6.04 Å². The van der Waals surface area contributed by atoms with Crippen LogP contribution in [-0.4, -0.2) is 23.9 Å². The standard InChI is InChI=1S/C21H21N3O/c22-15-19(16-24-13-7-8-14-24)21(25)23-20(17-9-3-1-4-10-17)18-11-5-2-6-12-18/h1-6,9-12,16,20H,7-8,13-14H2,(H,23,25)/b19-16-. The van der Waals surface area contributed by atoms with Crippen LogP contribution in [0.25, 0.3) is 0 Å². The van der Waals surface area contributed by atoms with Gasteiger partial charge in [0.1, 0.15) is 11.6 Å². The Morgan fingerprint density at radius 2 is 1.52 bits per heavy atom. The van der Waals surface area contributed by atoms with Gasteiger partial charge in [-0.1, -0.05) is 60.7 Å². The van der Waals surface area contributed by atoms with E-state index in [1.54, 1.807) is 6.20 Å². The highest BCUT2D eigenvalue weighted by Crippen LogP contribution is 2.22. The molecule has 0 aliphatic carbocycles. The van der Waals surface area contributed by atoms with E-state index < -0.39 is 0 Å². The molecular formula is C21H21N3O. The molecule has 0 atom stereocenters. The van der Waals surface area contributed by atoms with Crippen LogP contribution in [0.5, 0.6) is 0 Å². The van der Waals surface area contributed by atoms with Gasteiger partial charge in [0.25, 0.3) is 5.91 Å². The first-order chi connectivity index (χ1) is 12.3. The minimum atomic E-state index is -0.341. The summed E-state index contributed by atoms with van der Waals surface area (Å²) >= 11 is 0. The van der Waals surface area contributed by atoms with Crippen molar-refractivity contribution >= 4 is 5.91 Å². The van der Waals surface area contributed by atoms with Crippen LogP contribution in [0.1, 0.15) is 30.0 Å². The number of nitriles is 1. The fraction of sp³-hybridized carbons (Fsp3) is 0.238. The maximum absolute atomic E-state index is 12.7. The molecule has 2 aromatic rings. The van der Waals surface area contributed by atoms with E-state index in [9.17, 15) is 10.1 Å². The first kappa shape index (κ1) is 16.8. The number of carbonyl (C=O) groups is 1. The van der Waals surface area contributed by atoms with Crippen molar-refractivity contribution < 1.29 is 4.79 Å². The van der Waals surface area contributed by atoms with Crippen molar-refractivity contribution in [3.63, 3.8) is 0 Å². The van der Waals surface area contributed by atoms with Crippen LogP contribution in [0.3, 0.4) is 0 Å². The zero-order chi connectivity index (χ0) is 17.5. The summed E-state index contributed by atoms with van der Waals surface area (Å²) in [6, 6.07) is 21.4. The highest BCUT2D eigenvalue weighted by atomic mass is 16.1. The van der Waals surface area contributed by atoms with Gasteiger partial charge in [0.15, 0.2) is 0 Å². The molecule has 1 aliphatic heterocycles. The molecule has 1 N–H and O–H groups in total. The summed E-state index contributed by atoms with van der Waals surface area (Å²) in [4.78, 5) is 14.7. The number of hydrogen-bond acceptors (Lipinski definition) is 3. The van der Waals surface area contributed by atoms with Gasteiger partial charge >= 0.3 is 0 Å². The van der Waals surface area contributed by atoms with Crippen LogP contribution < -0.4 is 5.32 Å². The molecule has 4 heteroatoms. The van der Waals surface area contributed by atoms with E-state index in [0.717, 1.165) is 37.1 Å². The zero-order valence-electron chi connectivity index (χ0n) is 14.1. The number of likely N-dealkylation sites (tertiary alicyclic amines) is 1. The Morgan fingerprint density at radius 1 is 1.00 bits per heavy atom. The van der Waals surface area contributed by atoms with E-state index in [-0.39, 0.29) is 17.5 Å². The third kappa shape index (κ3) is 4.27. The van der Waals surface area contributed by atoms with E-state index >= 15 is 0 Å². The summed E-state index contributed by atoms with van der Waals surface area (Å²) in [5.41, 5.74) is 2.12. The number of hydrogen-bond donors (Lipinski definition) is 1. The van der Waals surface area contributed by atoms with Crippen molar-refractivity contribution in [1.29, 1.82) is 5.26 Å². The van der Waals surface area contributed by atoms with E-state index in [1.165, 1.54) is 0 Å². The van der Waals surface area contributed by atoms with E-state index in [2.05, 4.69) is 5.32 Å². The molecule has 0 radical (unpaired) electrons. The van der Waals surface area contributed by atoms with Gasteiger partial charge in [-0.05, 0) is 24.0 Å². The molecular weight excluding hydrogens is 310 g/mol. The molecule has 1 saturated heterocycles. The number of rotatable bonds is 5. The second kappa shape index (κ2) is 8.16. The van der Waals surface area contributed by atoms with Crippen molar-refractivity contribution in [2.24, 2.45) is 0 Å². The molecule has 1 fully saturated rings. The van der Waals surface area contributed by atoms with Crippen molar-refractivity contribution in [2.75, 3.05) is 13.1 Å². The lowest BCUT2D eigenvalue weighted by atomic mass is 9.98. The number of amides is 1. The summed E-state index contributed by atoms with van der Waals surface area (Å²) in [6.45, 7) is 1.80. The van der Waals surface area contributed by atoms with Crippen molar-refractivity contribution in [3.8, 4) is 6.07 Å². The van der Waals surface area contributed by atoms with Gasteiger partial charge in [-0.2, -0.15) is 5.26 Å². The summed E-state index contributed by atoms with van der Waals surface area (Å²) in [5, 5.41) is 12.4. The van der Waals surface area contributed by atoms with Gasteiger partial charge < -0.3 is 10.2 Å². The third-order valence-electron chi connectivity index (χ3n) is 4.36. The van der Waals surface area contributed by atoms with Crippen molar-refractivity contribution in [2.45, 2.75) is 18.9 Å². The lowest BCUT2D eigenvalue weighted by Crippen LogP contribution is -2.31. The smallest absolute Gasteiger partial charge is 0.264 e. The second-order valence-corrected chi connectivity index (χ2v) is 6.13. The second-order valence-electron chi connectivity index (χ2n) is 6.13. The molecule has 25 heavy (non-hydrogen) atoms. The quantitative estimate of drug-likeness (QED) is 0.675. The molecule has 0 unspecified atom stereocenters. The Hall–Kier alpha value is -3.06. The Labute approximate surface area is 148 Å². The largest absolute Gasteiger partial charge is 0.376 e. The fourth-order valence-corrected chi connectivity index (χ4v) is 3.05. The van der Waals surface area contributed by atoms with Gasteiger partial charge in [-0.25, -0.2) is 0 Å². The molecule has 0 aromatic heterocycles. The zero-order valence-corrected chi connectivity index (χ0v) is 14.1. The van der Waals surface area contributed by atoms with Crippen LogP contribution in [-0.2, 0) is 4.79 Å². The Kier molecular flexibility index (Phi) is 5.48. The maximum atomic E-state index is 12.7. The van der Waals surface area contributed by atoms with E-state index in [0.29, 0.717) is 0 Å². The van der Waals surface area contributed by atoms with Crippen LogP contribution >= 0.6 is 0 Å². The Morgan fingerprint density at radius 3 is 2.00 bits per heavy atom. The predicted octanol–water partition coefficient (Wildman–Crippen LogP) is 3.40. The third-order valence-corrected chi connectivity index (χ3v) is 4.36. The molecule has 0 bridgehead atoms. The van der Waals surface area contributed by atoms with Crippen LogP contribution in [0, 0.1) is 11.3 Å². The highest BCUT2D eigenvalue weighted by molar-refractivity contribution is 5.97. The van der Waals surface area contributed by atoms with Crippen molar-refractivity contribution in [3.05, 3.63) is 83.6 Å². The monoisotopic (exact) mass is 331 g/mol. The number of carbonyl (C=O) groups excluding carboxylic acids is 1. The molecule has 1 heterocycles. The maximum Gasteiger partial charge on any atom is 0.264 e. The summed E-state index contributed by atoms with van der Waals surface area (Å²) < 4.78 is 0. The minimum Gasteiger partial charge on any atom is -0.376 e. The van der Waals surface area contributed by atoms with Gasteiger partial charge in [0.2, 0.25) is 0 Å². The summed E-state index contributed by atoms with van der Waals surface area (Å²) in [7, 11) is 0. The van der Waals surface area contributed by atoms with Crippen LogP contribution in [0.2, 0.25) is 0 Å². The normalized spacial score (nSPS) is 14.4. The molecule has 3 rings (SSSR count). The first-order valence-electron chi connectivity index (χ1n) is 8.54. The minimum absolute atomic E-state index is 0.152. The summed E-state index contributed by atoms with van der Waals surface area (Å²) in [6.07, 6.45) is 3.90. The number of nitrogens with one attached hydrogen (secondary N) is 1. The highest BCUT2D eigenvalue weighted by Gasteiger charge is 2.20. The average molecular weight is 331 g/mol. The van der Waals surface area contributed by atoms with Gasteiger partial charge in [-0.3, -0.25) is 4.79 Å². The fourth-order valence-electron chi connectivity index (χ4n) is 3.05. The molecule has 4 nitrogen and oxygen atoms in total. The molecule has 1 amide bonds. The molecule has 0 saturated carbocycles. The van der Waals surface area contributed by atoms with Gasteiger partial charge in [0, 0.05) is 19.3 Å². The van der Waals surface area contributed by atoms with Gasteiger partial charge in [-0.15, -0.1) is 0 Å². The Balaban J connectivity index is 1.85. The lowest BCUT2D eigenvalue weighted by molar-refractivity contribution is -0.117. The topological polar surface area (TPSA) is 56.1 Å². The predicted molar refractivity (Wildman–Crippen MR) is 97.4 cm³/mol. The number of benzene rings is 2. The van der Waals surface area contributed by atoms with E-state index in [1.807, 2.05) is 71.6 Å². The molecule has 0 spiro atoms. The van der Waals surface area contributed by atoms with Crippen LogP contribution in [0.4, 0.5) is 0 Å². The van der Waals surface area contributed by atoms with Crippen LogP contribution in [0.15, 0.2) is 72.4 Å². The lowest BCUT2D eigenvalue weighted by Gasteiger charge is -2.20. The SMILES string of the molecule is N#C/C(=C/N1CCCC1)C(=O)NC(c1ccccc1)c1ccccc1. The molecule has 1 aliphatic rings. The van der Waals surface area contributed by atoms with E-state index in [4.69, 9.17) is 0 Å². The number of nitrogens with zero attached hydrogens (tertiary/aromatic N) is 2. The first-order valence-corrected chi connectivity index (χ1v) is 8.54. The molecule has 126 valence electrons. The molecule has 2 aromatic carbocycles.